The second-order valence-corrected chi connectivity index (χ2v) is 9.42. The Hall–Kier alpha value is -0.240. The second-order valence-electron chi connectivity index (χ2n) is 5.56. The van der Waals surface area contributed by atoms with Gasteiger partial charge in [-0.2, -0.15) is 11.8 Å². The van der Waals surface area contributed by atoms with Crippen molar-refractivity contribution in [3.8, 4) is 0 Å². The van der Waals surface area contributed by atoms with Gasteiger partial charge in [0, 0.05) is 21.5 Å². The highest BCUT2D eigenvalue weighted by atomic mass is 79.9. The number of anilines is 1. The number of halogens is 1. The highest BCUT2D eigenvalue weighted by Gasteiger charge is 2.34. The summed E-state index contributed by atoms with van der Waals surface area (Å²) in [6, 6.07) is 3.26. The number of benzene rings is 1. The number of hydrogen-bond donors (Lipinski definition) is 2. The summed E-state index contributed by atoms with van der Waals surface area (Å²) in [5.74, 6) is 0. The summed E-state index contributed by atoms with van der Waals surface area (Å²) in [4.78, 5) is 0.262. The third-order valence-corrected chi connectivity index (χ3v) is 7.76. The molecule has 0 bridgehead atoms. The fraction of sp³-hybridized carbons (Fsp3) is 0.571. The first-order valence-corrected chi connectivity index (χ1v) is 10.4. The number of aryl methyl sites for hydroxylation is 1. The topological polar surface area (TPSA) is 72.2 Å². The van der Waals surface area contributed by atoms with Crippen molar-refractivity contribution < 1.29 is 8.42 Å². The van der Waals surface area contributed by atoms with Gasteiger partial charge in [-0.3, -0.25) is 0 Å². The molecule has 1 fully saturated rings. The summed E-state index contributed by atoms with van der Waals surface area (Å²) in [6.07, 6.45) is 6.54. The van der Waals surface area contributed by atoms with Crippen molar-refractivity contribution in [3.05, 3.63) is 22.2 Å². The van der Waals surface area contributed by atoms with Crippen LogP contribution < -0.4 is 10.5 Å². The molecule has 3 N–H and O–H groups in total. The Balaban J connectivity index is 2.21. The van der Waals surface area contributed by atoms with Crippen molar-refractivity contribution in [2.75, 3.05) is 18.5 Å². The van der Waals surface area contributed by atoms with E-state index in [9.17, 15) is 8.42 Å². The van der Waals surface area contributed by atoms with E-state index in [4.69, 9.17) is 5.73 Å². The van der Waals surface area contributed by atoms with Crippen LogP contribution in [0.1, 0.15) is 31.2 Å². The van der Waals surface area contributed by atoms with Crippen molar-refractivity contribution in [1.82, 2.24) is 4.72 Å². The molecule has 21 heavy (non-hydrogen) atoms. The minimum absolute atomic E-state index is 0.0435. The zero-order valence-electron chi connectivity index (χ0n) is 12.3. The maximum absolute atomic E-state index is 12.5. The van der Waals surface area contributed by atoms with Gasteiger partial charge in [-0.15, -0.1) is 0 Å². The number of nitrogen functional groups attached to an aromatic ring is 1. The molecule has 4 nitrogen and oxygen atoms in total. The Morgan fingerprint density at radius 2 is 2.00 bits per heavy atom. The smallest absolute Gasteiger partial charge is 0.240 e. The van der Waals surface area contributed by atoms with Gasteiger partial charge in [0.2, 0.25) is 10.0 Å². The van der Waals surface area contributed by atoms with E-state index in [-0.39, 0.29) is 9.64 Å². The largest absolute Gasteiger partial charge is 0.398 e. The lowest BCUT2D eigenvalue weighted by atomic mass is 10.1. The molecule has 1 aromatic rings. The number of rotatable bonds is 5. The molecule has 0 aliphatic heterocycles. The zero-order chi connectivity index (χ0) is 15.7. The Kier molecular flexibility index (Phi) is 5.28. The van der Waals surface area contributed by atoms with Gasteiger partial charge in [0.1, 0.15) is 0 Å². The second kappa shape index (κ2) is 6.48. The van der Waals surface area contributed by atoms with Crippen LogP contribution >= 0.6 is 27.7 Å². The van der Waals surface area contributed by atoms with Crippen molar-refractivity contribution in [2.45, 2.75) is 42.2 Å². The van der Waals surface area contributed by atoms with E-state index in [0.29, 0.717) is 17.8 Å². The van der Waals surface area contributed by atoms with Gasteiger partial charge in [-0.1, -0.05) is 12.8 Å². The first kappa shape index (κ1) is 17.1. The van der Waals surface area contributed by atoms with Gasteiger partial charge in [-0.05, 0) is 59.6 Å². The number of nitrogens with one attached hydrogen (secondary N) is 1. The molecule has 0 heterocycles. The maximum atomic E-state index is 12.5. The van der Waals surface area contributed by atoms with Crippen LogP contribution in [0.3, 0.4) is 0 Å². The van der Waals surface area contributed by atoms with Crippen LogP contribution in [0.2, 0.25) is 0 Å². The quantitative estimate of drug-likeness (QED) is 0.753. The minimum Gasteiger partial charge on any atom is -0.398 e. The number of thioether (sulfide) groups is 1. The van der Waals surface area contributed by atoms with Crippen LogP contribution in [0, 0.1) is 6.92 Å². The molecule has 0 radical (unpaired) electrons. The molecule has 1 aliphatic carbocycles. The van der Waals surface area contributed by atoms with E-state index in [1.807, 2.05) is 0 Å². The molecule has 1 saturated carbocycles. The normalized spacial score (nSPS) is 18.0. The standard InChI is InChI=1S/C14H21BrN2O2S2/c1-10-7-11(15)12(16)8-13(10)21(18,19)17-9-14(20-2)5-3-4-6-14/h7-8,17H,3-6,9,16H2,1-2H3. The highest BCUT2D eigenvalue weighted by Crippen LogP contribution is 2.40. The lowest BCUT2D eigenvalue weighted by molar-refractivity contribution is 0.551. The van der Waals surface area contributed by atoms with E-state index in [1.54, 1.807) is 24.8 Å². The lowest BCUT2D eigenvalue weighted by Crippen LogP contribution is -2.38. The fourth-order valence-corrected chi connectivity index (χ4v) is 5.58. The van der Waals surface area contributed by atoms with Crippen LogP contribution in [0.15, 0.2) is 21.5 Å². The van der Waals surface area contributed by atoms with Gasteiger partial charge in [0.15, 0.2) is 0 Å². The van der Waals surface area contributed by atoms with Crippen LogP contribution in [0.25, 0.3) is 0 Å². The molecule has 7 heteroatoms. The van der Waals surface area contributed by atoms with Gasteiger partial charge in [0.25, 0.3) is 0 Å². The van der Waals surface area contributed by atoms with Crippen LogP contribution in [-0.2, 0) is 10.0 Å². The summed E-state index contributed by atoms with van der Waals surface area (Å²) in [6.45, 7) is 2.25. The molecular formula is C14H21BrN2O2S2. The Morgan fingerprint density at radius 1 is 1.38 bits per heavy atom. The monoisotopic (exact) mass is 392 g/mol. The van der Waals surface area contributed by atoms with E-state index in [2.05, 4.69) is 26.9 Å². The first-order chi connectivity index (χ1) is 9.80. The third-order valence-electron chi connectivity index (χ3n) is 4.12. The average molecular weight is 393 g/mol. The lowest BCUT2D eigenvalue weighted by Gasteiger charge is -2.27. The zero-order valence-corrected chi connectivity index (χ0v) is 15.5. The van der Waals surface area contributed by atoms with E-state index < -0.39 is 10.0 Å². The molecule has 2 rings (SSSR count). The summed E-state index contributed by atoms with van der Waals surface area (Å²) in [5.41, 5.74) is 6.93. The molecule has 0 atom stereocenters. The SMILES string of the molecule is CSC1(CNS(=O)(=O)c2cc(N)c(Br)cc2C)CCCC1. The van der Waals surface area contributed by atoms with Crippen LogP contribution in [-0.4, -0.2) is 26.0 Å². The predicted molar refractivity (Wildman–Crippen MR) is 93.2 cm³/mol. The van der Waals surface area contributed by atoms with Crippen molar-refractivity contribution >= 4 is 43.4 Å². The molecular weight excluding hydrogens is 372 g/mol. The molecule has 0 saturated heterocycles. The summed E-state index contributed by atoms with van der Waals surface area (Å²) >= 11 is 5.08. The fourth-order valence-electron chi connectivity index (χ4n) is 2.73. The molecule has 0 unspecified atom stereocenters. The van der Waals surface area contributed by atoms with Crippen molar-refractivity contribution in [3.63, 3.8) is 0 Å². The number of hydrogen-bond acceptors (Lipinski definition) is 4. The minimum atomic E-state index is -3.53. The van der Waals surface area contributed by atoms with Gasteiger partial charge >= 0.3 is 0 Å². The molecule has 1 aliphatic rings. The summed E-state index contributed by atoms with van der Waals surface area (Å²) in [7, 11) is -3.53. The maximum Gasteiger partial charge on any atom is 0.240 e. The predicted octanol–water partition coefficient (Wildman–Crippen LogP) is 3.29. The Morgan fingerprint density at radius 3 is 2.57 bits per heavy atom. The highest BCUT2D eigenvalue weighted by molar-refractivity contribution is 9.10. The van der Waals surface area contributed by atoms with Crippen LogP contribution in [0.5, 0.6) is 0 Å². The number of nitrogens with two attached hydrogens (primary N) is 1. The average Bonchev–Trinajstić information content (AvgIpc) is 2.90. The van der Waals surface area contributed by atoms with Gasteiger partial charge in [-0.25, -0.2) is 13.1 Å². The van der Waals surface area contributed by atoms with Crippen LogP contribution in [0.4, 0.5) is 5.69 Å². The Labute approximate surface area is 139 Å². The molecule has 118 valence electrons. The first-order valence-electron chi connectivity index (χ1n) is 6.90. The summed E-state index contributed by atoms with van der Waals surface area (Å²) in [5, 5.41) is 0. The third kappa shape index (κ3) is 3.75. The molecule has 0 aromatic heterocycles. The molecule has 0 spiro atoms. The molecule has 1 aromatic carbocycles. The molecule has 0 amide bonds. The van der Waals surface area contributed by atoms with E-state index in [1.165, 1.54) is 18.9 Å². The van der Waals surface area contributed by atoms with Gasteiger partial charge < -0.3 is 5.73 Å². The number of sulfonamides is 1. The van der Waals surface area contributed by atoms with Gasteiger partial charge in [0.05, 0.1) is 4.90 Å². The van der Waals surface area contributed by atoms with E-state index in [0.717, 1.165) is 17.3 Å². The van der Waals surface area contributed by atoms with Crippen molar-refractivity contribution in [1.29, 1.82) is 0 Å². The summed E-state index contributed by atoms with van der Waals surface area (Å²) < 4.78 is 28.6. The van der Waals surface area contributed by atoms with E-state index >= 15 is 0 Å². The Bertz CT molecular complexity index is 626. The van der Waals surface area contributed by atoms with Crippen molar-refractivity contribution in [2.24, 2.45) is 0 Å².